The summed E-state index contributed by atoms with van der Waals surface area (Å²) < 4.78 is 15.6. The Morgan fingerprint density at radius 3 is 2.42 bits per heavy atom. The minimum Gasteiger partial charge on any atom is -0.492 e. The Morgan fingerprint density at radius 1 is 1.00 bits per heavy atom. The van der Waals surface area contributed by atoms with E-state index in [1.54, 1.807) is 37.3 Å². The first-order valence-corrected chi connectivity index (χ1v) is 10.7. The number of carbonyl (C=O) groups excluding carboxylic acids is 4. The van der Waals surface area contributed by atoms with Gasteiger partial charge in [0.1, 0.15) is 5.75 Å². The van der Waals surface area contributed by atoms with E-state index in [-0.39, 0.29) is 25.5 Å². The van der Waals surface area contributed by atoms with Crippen molar-refractivity contribution in [2.75, 3.05) is 36.6 Å². The molecule has 0 radical (unpaired) electrons. The van der Waals surface area contributed by atoms with Crippen molar-refractivity contribution < 1.29 is 33.4 Å². The Bertz CT molecular complexity index is 1020. The summed E-state index contributed by atoms with van der Waals surface area (Å²) in [6.45, 7) is 3.95. The van der Waals surface area contributed by atoms with E-state index in [1.165, 1.54) is 17.0 Å². The minimum absolute atomic E-state index is 0.00374. The van der Waals surface area contributed by atoms with Crippen LogP contribution in [0.5, 0.6) is 5.75 Å². The SMILES string of the molecule is CCOC(=O)c1ccc(NC(=O)COC(=O)[C@@H]2CC(=O)N(c3ccccc3OCC)C2)cc1. The van der Waals surface area contributed by atoms with Crippen LogP contribution in [0.4, 0.5) is 11.4 Å². The summed E-state index contributed by atoms with van der Waals surface area (Å²) in [5.74, 6) is -1.93. The van der Waals surface area contributed by atoms with Gasteiger partial charge in [-0.2, -0.15) is 0 Å². The summed E-state index contributed by atoms with van der Waals surface area (Å²) in [6.07, 6.45) is -0.00374. The predicted octanol–water partition coefficient (Wildman–Crippen LogP) is 2.80. The fourth-order valence-electron chi connectivity index (χ4n) is 3.41. The Morgan fingerprint density at radius 2 is 1.73 bits per heavy atom. The maximum atomic E-state index is 12.5. The Hall–Kier alpha value is -3.88. The third kappa shape index (κ3) is 6.09. The Labute approximate surface area is 191 Å². The van der Waals surface area contributed by atoms with Gasteiger partial charge in [0, 0.05) is 18.7 Å². The van der Waals surface area contributed by atoms with Crippen LogP contribution >= 0.6 is 0 Å². The van der Waals surface area contributed by atoms with E-state index < -0.39 is 30.4 Å². The van der Waals surface area contributed by atoms with E-state index in [0.29, 0.717) is 29.3 Å². The first kappa shape index (κ1) is 23.8. The lowest BCUT2D eigenvalue weighted by Crippen LogP contribution is -2.28. The third-order valence-corrected chi connectivity index (χ3v) is 4.94. The topological polar surface area (TPSA) is 111 Å². The van der Waals surface area contributed by atoms with Gasteiger partial charge in [-0.15, -0.1) is 0 Å². The second-order valence-electron chi connectivity index (χ2n) is 7.26. The molecule has 1 aliphatic rings. The van der Waals surface area contributed by atoms with Crippen LogP contribution in [0.1, 0.15) is 30.6 Å². The molecule has 33 heavy (non-hydrogen) atoms. The van der Waals surface area contributed by atoms with Gasteiger partial charge in [-0.1, -0.05) is 12.1 Å². The number of para-hydroxylation sites is 2. The van der Waals surface area contributed by atoms with Crippen molar-refractivity contribution in [3.63, 3.8) is 0 Å². The van der Waals surface area contributed by atoms with Gasteiger partial charge in [0.2, 0.25) is 5.91 Å². The number of nitrogens with one attached hydrogen (secondary N) is 1. The van der Waals surface area contributed by atoms with E-state index in [4.69, 9.17) is 14.2 Å². The molecule has 0 bridgehead atoms. The molecule has 1 N–H and O–H groups in total. The summed E-state index contributed by atoms with van der Waals surface area (Å²) in [5, 5.41) is 2.59. The lowest BCUT2D eigenvalue weighted by molar-refractivity contribution is -0.151. The number of hydrogen-bond donors (Lipinski definition) is 1. The Kier molecular flexibility index (Phi) is 8.01. The maximum absolute atomic E-state index is 12.5. The second kappa shape index (κ2) is 11.1. The molecule has 1 heterocycles. The van der Waals surface area contributed by atoms with Crippen LogP contribution < -0.4 is 15.0 Å². The maximum Gasteiger partial charge on any atom is 0.338 e. The second-order valence-corrected chi connectivity index (χ2v) is 7.26. The highest BCUT2D eigenvalue weighted by atomic mass is 16.5. The quantitative estimate of drug-likeness (QED) is 0.580. The molecule has 0 spiro atoms. The van der Waals surface area contributed by atoms with Gasteiger partial charge in [0.05, 0.1) is 30.4 Å². The van der Waals surface area contributed by atoms with E-state index >= 15 is 0 Å². The largest absolute Gasteiger partial charge is 0.492 e. The first-order chi connectivity index (χ1) is 15.9. The highest BCUT2D eigenvalue weighted by Gasteiger charge is 2.37. The molecule has 2 aromatic carbocycles. The number of anilines is 2. The number of ether oxygens (including phenoxy) is 3. The fourth-order valence-corrected chi connectivity index (χ4v) is 3.41. The van der Waals surface area contributed by atoms with Gasteiger partial charge in [0.15, 0.2) is 6.61 Å². The summed E-state index contributed by atoms with van der Waals surface area (Å²) in [6, 6.07) is 13.3. The van der Waals surface area contributed by atoms with Gasteiger partial charge < -0.3 is 24.4 Å². The zero-order valence-electron chi connectivity index (χ0n) is 18.5. The number of benzene rings is 2. The van der Waals surface area contributed by atoms with Crippen molar-refractivity contribution in [1.82, 2.24) is 0 Å². The van der Waals surface area contributed by atoms with Gasteiger partial charge in [0.25, 0.3) is 5.91 Å². The zero-order valence-corrected chi connectivity index (χ0v) is 18.5. The summed E-state index contributed by atoms with van der Waals surface area (Å²) in [7, 11) is 0. The fraction of sp³-hybridized carbons (Fsp3) is 0.333. The van der Waals surface area contributed by atoms with Gasteiger partial charge in [-0.25, -0.2) is 4.79 Å². The highest BCUT2D eigenvalue weighted by Crippen LogP contribution is 2.33. The molecule has 1 aliphatic heterocycles. The lowest BCUT2D eigenvalue weighted by atomic mass is 10.1. The van der Waals surface area contributed by atoms with Gasteiger partial charge in [-0.05, 0) is 50.2 Å². The van der Waals surface area contributed by atoms with Crippen molar-refractivity contribution >= 4 is 35.1 Å². The van der Waals surface area contributed by atoms with Crippen LogP contribution in [-0.2, 0) is 23.9 Å². The molecule has 1 atom stereocenters. The molecule has 0 aliphatic carbocycles. The molecule has 174 valence electrons. The van der Waals surface area contributed by atoms with Crippen molar-refractivity contribution in [2.45, 2.75) is 20.3 Å². The summed E-state index contributed by atoms with van der Waals surface area (Å²) in [4.78, 5) is 50.3. The summed E-state index contributed by atoms with van der Waals surface area (Å²) >= 11 is 0. The molecule has 0 aromatic heterocycles. The number of amides is 2. The standard InChI is InChI=1S/C24H26N2O7/c1-3-31-20-8-6-5-7-19(20)26-14-17(13-22(26)28)24(30)33-15-21(27)25-18-11-9-16(10-12-18)23(29)32-4-2/h5-12,17H,3-4,13-15H2,1-2H3,(H,25,27)/t17-/m1/s1. The normalized spacial score (nSPS) is 15.2. The molecule has 3 rings (SSSR count). The predicted molar refractivity (Wildman–Crippen MR) is 120 cm³/mol. The third-order valence-electron chi connectivity index (χ3n) is 4.94. The minimum atomic E-state index is -0.677. The Balaban J connectivity index is 1.51. The van der Waals surface area contributed by atoms with E-state index in [1.807, 2.05) is 13.0 Å². The molecule has 2 amide bonds. The smallest absolute Gasteiger partial charge is 0.338 e. The van der Waals surface area contributed by atoms with Crippen molar-refractivity contribution in [3.05, 3.63) is 54.1 Å². The average molecular weight is 454 g/mol. The number of nitrogens with zero attached hydrogens (tertiary/aromatic N) is 1. The first-order valence-electron chi connectivity index (χ1n) is 10.7. The molecule has 0 unspecified atom stereocenters. The van der Waals surface area contributed by atoms with Crippen molar-refractivity contribution in [1.29, 1.82) is 0 Å². The number of hydrogen-bond acceptors (Lipinski definition) is 7. The highest BCUT2D eigenvalue weighted by molar-refractivity contribution is 6.01. The van der Waals surface area contributed by atoms with Crippen LogP contribution in [0, 0.1) is 5.92 Å². The molecule has 1 fully saturated rings. The van der Waals surface area contributed by atoms with E-state index in [9.17, 15) is 19.2 Å². The number of carbonyl (C=O) groups is 4. The van der Waals surface area contributed by atoms with Crippen LogP contribution in [0.15, 0.2) is 48.5 Å². The molecule has 0 saturated carbocycles. The van der Waals surface area contributed by atoms with Crippen LogP contribution in [0.2, 0.25) is 0 Å². The lowest BCUT2D eigenvalue weighted by Gasteiger charge is -2.19. The number of rotatable bonds is 9. The van der Waals surface area contributed by atoms with Gasteiger partial charge in [-0.3, -0.25) is 14.4 Å². The molecule has 9 heteroatoms. The molecular formula is C24H26N2O7. The van der Waals surface area contributed by atoms with Crippen molar-refractivity contribution in [3.8, 4) is 5.75 Å². The van der Waals surface area contributed by atoms with Crippen LogP contribution in [0.25, 0.3) is 0 Å². The van der Waals surface area contributed by atoms with Gasteiger partial charge >= 0.3 is 11.9 Å². The average Bonchev–Trinajstić information content (AvgIpc) is 3.20. The number of esters is 2. The zero-order chi connectivity index (χ0) is 23.8. The van der Waals surface area contributed by atoms with Crippen LogP contribution in [-0.4, -0.2) is 50.1 Å². The summed E-state index contributed by atoms with van der Waals surface area (Å²) in [5.41, 5.74) is 1.41. The molecule has 2 aromatic rings. The molecular weight excluding hydrogens is 428 g/mol. The van der Waals surface area contributed by atoms with E-state index in [0.717, 1.165) is 0 Å². The molecule has 1 saturated heterocycles. The van der Waals surface area contributed by atoms with Crippen molar-refractivity contribution in [2.24, 2.45) is 5.92 Å². The van der Waals surface area contributed by atoms with E-state index in [2.05, 4.69) is 5.32 Å². The van der Waals surface area contributed by atoms with Crippen LogP contribution in [0.3, 0.4) is 0 Å². The molecule has 9 nitrogen and oxygen atoms in total. The monoisotopic (exact) mass is 454 g/mol.